The van der Waals surface area contributed by atoms with Gasteiger partial charge in [-0.1, -0.05) is 0 Å². The third kappa shape index (κ3) is 4.92. The molecule has 1 saturated carbocycles. The van der Waals surface area contributed by atoms with Gasteiger partial charge in [0.25, 0.3) is 0 Å². The summed E-state index contributed by atoms with van der Waals surface area (Å²) in [5.41, 5.74) is 0. The Labute approximate surface area is 96.8 Å². The average Bonchev–Trinajstić information content (AvgIpc) is 3.05. The quantitative estimate of drug-likeness (QED) is 0.637. The van der Waals surface area contributed by atoms with Crippen molar-refractivity contribution in [3.63, 3.8) is 0 Å². The molecule has 0 bridgehead atoms. The first-order valence-corrected chi connectivity index (χ1v) is 7.06. The van der Waals surface area contributed by atoms with Gasteiger partial charge in [0.2, 0.25) is 10.0 Å². The highest BCUT2D eigenvalue weighted by atomic mass is 32.2. The maximum absolute atomic E-state index is 11.3. The van der Waals surface area contributed by atoms with Crippen molar-refractivity contribution in [2.75, 3.05) is 19.8 Å². The highest BCUT2D eigenvalue weighted by molar-refractivity contribution is 7.90. The van der Waals surface area contributed by atoms with Crippen LogP contribution in [0.2, 0.25) is 0 Å². The molecule has 0 radical (unpaired) electrons. The van der Waals surface area contributed by atoms with Crippen molar-refractivity contribution in [1.82, 2.24) is 4.72 Å². The summed E-state index contributed by atoms with van der Waals surface area (Å²) in [6, 6.07) is 1.70. The van der Waals surface area contributed by atoms with E-state index in [9.17, 15) is 8.42 Å². The van der Waals surface area contributed by atoms with E-state index in [-0.39, 0.29) is 0 Å². The van der Waals surface area contributed by atoms with Gasteiger partial charge in [-0.15, -0.1) is 0 Å². The molecule has 0 aromatic rings. The smallest absolute Gasteiger partial charge is 0.227 e. The second-order valence-corrected chi connectivity index (χ2v) is 6.17. The fraction of sp³-hybridized carbons (Fsp3) is 0.900. The van der Waals surface area contributed by atoms with E-state index in [1.807, 2.05) is 0 Å². The Morgan fingerprint density at radius 3 is 2.81 bits per heavy atom. The molecule has 16 heavy (non-hydrogen) atoms. The molecule has 1 fully saturated rings. The van der Waals surface area contributed by atoms with Gasteiger partial charge in [0.05, 0.1) is 6.07 Å². The van der Waals surface area contributed by atoms with Crippen LogP contribution in [-0.2, 0) is 14.8 Å². The monoisotopic (exact) mass is 246 g/mol. The number of hydrogen-bond acceptors (Lipinski definition) is 4. The van der Waals surface area contributed by atoms with Crippen LogP contribution in [0.5, 0.6) is 0 Å². The molecule has 0 amide bonds. The lowest BCUT2D eigenvalue weighted by molar-refractivity contribution is 0.123. The van der Waals surface area contributed by atoms with Gasteiger partial charge in [-0.2, -0.15) is 5.26 Å². The summed E-state index contributed by atoms with van der Waals surface area (Å²) in [6.45, 7) is 3.06. The third-order valence-electron chi connectivity index (χ3n) is 2.47. The number of sulfonamides is 1. The molecule has 1 rings (SSSR count). The van der Waals surface area contributed by atoms with Crippen LogP contribution in [0.3, 0.4) is 0 Å². The normalized spacial score (nSPS) is 18.0. The molecular formula is C10H18N2O3S. The zero-order chi connectivity index (χ0) is 12.0. The first-order chi connectivity index (χ1) is 7.56. The Morgan fingerprint density at radius 1 is 1.56 bits per heavy atom. The fourth-order valence-electron chi connectivity index (χ4n) is 1.12. The Kier molecular flexibility index (Phi) is 5.19. The van der Waals surface area contributed by atoms with Crippen molar-refractivity contribution >= 4 is 10.0 Å². The van der Waals surface area contributed by atoms with E-state index in [1.54, 1.807) is 6.07 Å². The van der Waals surface area contributed by atoms with E-state index in [1.165, 1.54) is 19.8 Å². The predicted octanol–water partition coefficient (Wildman–Crippen LogP) is 0.635. The minimum absolute atomic E-state index is 0.332. The Balaban J connectivity index is 2.03. The van der Waals surface area contributed by atoms with Crippen LogP contribution in [0.4, 0.5) is 0 Å². The molecular weight excluding hydrogens is 228 g/mol. The first kappa shape index (κ1) is 13.4. The molecule has 1 unspecified atom stereocenters. The fourth-order valence-corrected chi connectivity index (χ4v) is 1.94. The molecule has 6 heteroatoms. The lowest BCUT2D eigenvalue weighted by atomic mass is 10.4. The maximum Gasteiger partial charge on any atom is 0.227 e. The van der Waals surface area contributed by atoms with Gasteiger partial charge in [-0.25, -0.2) is 13.1 Å². The maximum atomic E-state index is 11.3. The Morgan fingerprint density at radius 2 is 2.25 bits per heavy atom. The molecule has 0 spiro atoms. The average molecular weight is 246 g/mol. The molecule has 0 aromatic heterocycles. The topological polar surface area (TPSA) is 79.2 Å². The zero-order valence-corrected chi connectivity index (χ0v) is 10.3. The van der Waals surface area contributed by atoms with Crippen LogP contribution in [0.1, 0.15) is 26.2 Å². The standard InChI is InChI=1S/C10H18N2O3S/c1-9(7-11)16(13,14)12-5-2-6-15-8-10-3-4-10/h9-10,12H,2-6,8H2,1H3. The predicted molar refractivity (Wildman–Crippen MR) is 60.2 cm³/mol. The van der Waals surface area contributed by atoms with E-state index in [0.717, 1.165) is 12.5 Å². The summed E-state index contributed by atoms with van der Waals surface area (Å²) >= 11 is 0. The minimum Gasteiger partial charge on any atom is -0.381 e. The zero-order valence-electron chi connectivity index (χ0n) is 9.48. The summed E-state index contributed by atoms with van der Waals surface area (Å²) in [5, 5.41) is 7.49. The van der Waals surface area contributed by atoms with Crippen LogP contribution in [0, 0.1) is 17.2 Å². The Hall–Kier alpha value is -0.640. The number of ether oxygens (including phenoxy) is 1. The summed E-state index contributed by atoms with van der Waals surface area (Å²) in [4.78, 5) is 0. The van der Waals surface area contributed by atoms with E-state index >= 15 is 0 Å². The summed E-state index contributed by atoms with van der Waals surface area (Å²) in [5.74, 6) is 0.732. The minimum atomic E-state index is -3.47. The van der Waals surface area contributed by atoms with Gasteiger partial charge in [0, 0.05) is 19.8 Å². The number of rotatable bonds is 8. The van der Waals surface area contributed by atoms with Gasteiger partial charge in [-0.3, -0.25) is 0 Å². The number of nitriles is 1. The van der Waals surface area contributed by atoms with Gasteiger partial charge < -0.3 is 4.74 Å². The van der Waals surface area contributed by atoms with Gasteiger partial charge >= 0.3 is 0 Å². The summed E-state index contributed by atoms with van der Waals surface area (Å²) in [7, 11) is -3.47. The highest BCUT2D eigenvalue weighted by Crippen LogP contribution is 2.28. The van der Waals surface area contributed by atoms with Crippen molar-refractivity contribution in [2.45, 2.75) is 31.4 Å². The van der Waals surface area contributed by atoms with Crippen molar-refractivity contribution < 1.29 is 13.2 Å². The van der Waals surface area contributed by atoms with Gasteiger partial charge in [0.15, 0.2) is 5.25 Å². The molecule has 1 atom stereocenters. The molecule has 5 nitrogen and oxygen atoms in total. The lowest BCUT2D eigenvalue weighted by Crippen LogP contribution is -2.32. The lowest BCUT2D eigenvalue weighted by Gasteiger charge is -2.07. The van der Waals surface area contributed by atoms with E-state index in [0.29, 0.717) is 19.6 Å². The first-order valence-electron chi connectivity index (χ1n) is 5.52. The van der Waals surface area contributed by atoms with Crippen molar-refractivity contribution in [2.24, 2.45) is 5.92 Å². The molecule has 92 valence electrons. The van der Waals surface area contributed by atoms with Crippen molar-refractivity contribution in [1.29, 1.82) is 5.26 Å². The SMILES string of the molecule is CC(C#N)S(=O)(=O)NCCCOCC1CC1. The third-order valence-corrected chi connectivity index (χ3v) is 4.11. The van der Waals surface area contributed by atoms with Crippen LogP contribution < -0.4 is 4.72 Å². The van der Waals surface area contributed by atoms with Crippen LogP contribution in [0.25, 0.3) is 0 Å². The van der Waals surface area contributed by atoms with Crippen molar-refractivity contribution in [3.05, 3.63) is 0 Å². The number of hydrogen-bond donors (Lipinski definition) is 1. The Bertz CT molecular complexity index is 344. The summed E-state index contributed by atoms with van der Waals surface area (Å²) in [6.07, 6.45) is 3.16. The van der Waals surface area contributed by atoms with Crippen LogP contribution in [-0.4, -0.2) is 33.4 Å². The van der Waals surface area contributed by atoms with Crippen molar-refractivity contribution in [3.8, 4) is 6.07 Å². The van der Waals surface area contributed by atoms with E-state index < -0.39 is 15.3 Å². The van der Waals surface area contributed by atoms with Crippen LogP contribution >= 0.6 is 0 Å². The molecule has 0 aromatic carbocycles. The molecule has 0 heterocycles. The number of nitrogens with one attached hydrogen (secondary N) is 1. The molecule has 0 saturated heterocycles. The largest absolute Gasteiger partial charge is 0.381 e. The second-order valence-electron chi connectivity index (χ2n) is 4.08. The molecule has 0 aliphatic heterocycles. The molecule has 1 aliphatic carbocycles. The summed E-state index contributed by atoms with van der Waals surface area (Å²) < 4.78 is 30.4. The highest BCUT2D eigenvalue weighted by Gasteiger charge is 2.21. The van der Waals surface area contributed by atoms with E-state index in [2.05, 4.69) is 4.72 Å². The van der Waals surface area contributed by atoms with Gasteiger partial charge in [-0.05, 0) is 32.1 Å². The number of nitrogens with zero attached hydrogens (tertiary/aromatic N) is 1. The van der Waals surface area contributed by atoms with E-state index in [4.69, 9.17) is 10.00 Å². The van der Waals surface area contributed by atoms with Crippen LogP contribution in [0.15, 0.2) is 0 Å². The molecule has 1 aliphatic rings. The molecule has 1 N–H and O–H groups in total. The second kappa shape index (κ2) is 6.18. The van der Waals surface area contributed by atoms with Gasteiger partial charge in [0.1, 0.15) is 0 Å².